The molecule has 0 heterocycles. The summed E-state index contributed by atoms with van der Waals surface area (Å²) in [5.41, 5.74) is 0. The van der Waals surface area contributed by atoms with Crippen LogP contribution in [-0.2, 0) is 23.8 Å². The van der Waals surface area contributed by atoms with Crippen LogP contribution in [0.15, 0.2) is 85.1 Å². The highest BCUT2D eigenvalue weighted by Gasteiger charge is 2.17. The van der Waals surface area contributed by atoms with E-state index in [9.17, 15) is 9.59 Å². The van der Waals surface area contributed by atoms with Gasteiger partial charge in [0.05, 0.1) is 6.61 Å². The second-order valence-electron chi connectivity index (χ2n) is 18.4. The summed E-state index contributed by atoms with van der Waals surface area (Å²) in [7, 11) is 0. The first kappa shape index (κ1) is 63.1. The Hall–Kier alpha value is -2.92. The van der Waals surface area contributed by atoms with Gasteiger partial charge in [0, 0.05) is 19.4 Å². The van der Waals surface area contributed by atoms with Crippen LogP contribution < -0.4 is 0 Å². The van der Waals surface area contributed by atoms with Crippen molar-refractivity contribution in [2.75, 3.05) is 19.8 Å². The molecular formula is C61H106O5. The Morgan fingerprint density at radius 2 is 0.682 bits per heavy atom. The maximum atomic E-state index is 12.8. The lowest BCUT2D eigenvalue weighted by atomic mass is 10.1. The van der Waals surface area contributed by atoms with E-state index in [1.807, 2.05) is 0 Å². The molecule has 0 aliphatic heterocycles. The van der Waals surface area contributed by atoms with E-state index >= 15 is 0 Å². The molecule has 0 radical (unpaired) electrons. The molecule has 0 aromatic rings. The molecule has 0 N–H and O–H groups in total. The molecule has 5 nitrogen and oxygen atoms in total. The number of unbranched alkanes of at least 4 members (excludes halogenated alkanes) is 26. The molecule has 0 saturated carbocycles. The second kappa shape index (κ2) is 56.4. The largest absolute Gasteiger partial charge is 0.462 e. The molecule has 0 spiro atoms. The fraction of sp³-hybridized carbons (Fsp3) is 0.738. The Labute approximate surface area is 409 Å². The smallest absolute Gasteiger partial charge is 0.306 e. The predicted octanol–water partition coefficient (Wildman–Crippen LogP) is 19.2. The molecule has 0 saturated heterocycles. The van der Waals surface area contributed by atoms with Crippen LogP contribution in [0.5, 0.6) is 0 Å². The summed E-state index contributed by atoms with van der Waals surface area (Å²) >= 11 is 0. The lowest BCUT2D eigenvalue weighted by molar-refractivity contribution is -0.163. The minimum Gasteiger partial charge on any atom is -0.462 e. The fourth-order valence-electron chi connectivity index (χ4n) is 7.70. The van der Waals surface area contributed by atoms with Gasteiger partial charge >= 0.3 is 11.9 Å². The molecule has 1 unspecified atom stereocenters. The number of allylic oxidation sites excluding steroid dienone is 14. The van der Waals surface area contributed by atoms with Gasteiger partial charge in [-0.1, -0.05) is 221 Å². The number of carbonyl (C=O) groups excluding carboxylic acids is 2. The van der Waals surface area contributed by atoms with Crippen molar-refractivity contribution < 1.29 is 23.8 Å². The number of ether oxygens (including phenoxy) is 3. The topological polar surface area (TPSA) is 61.8 Å². The molecule has 0 amide bonds. The number of hydrogen-bond donors (Lipinski definition) is 0. The van der Waals surface area contributed by atoms with Crippen molar-refractivity contribution in [3.8, 4) is 0 Å². The van der Waals surface area contributed by atoms with Gasteiger partial charge in [0.2, 0.25) is 0 Å². The minimum atomic E-state index is -0.554. The van der Waals surface area contributed by atoms with E-state index in [2.05, 4.69) is 106 Å². The van der Waals surface area contributed by atoms with Crippen molar-refractivity contribution in [3.05, 3.63) is 85.1 Å². The summed E-state index contributed by atoms with van der Waals surface area (Å²) in [4.78, 5) is 25.5. The van der Waals surface area contributed by atoms with Gasteiger partial charge in [-0.15, -0.1) is 0 Å². The number of hydrogen-bond acceptors (Lipinski definition) is 5. The zero-order valence-corrected chi connectivity index (χ0v) is 43.7. The standard InChI is InChI=1S/C61H106O5/c1-4-7-10-13-16-19-22-25-28-30-31-33-34-36-39-42-45-48-51-54-60(62)65-58-59(57-64-56-53-50-47-44-41-38-27-24-21-18-15-12-9-6-3)66-61(63)55-52-49-46-43-40-37-35-32-29-26-23-20-17-14-11-8-5-2/h8,11,16-17,19-21,24-26,28-29,31,33,59H,4-7,9-10,12-15,18,22-23,27,30,32,34-58H2,1-3H3/b11-8-,19-16-,20-17-,24-21-,28-25-,29-26-,33-31-. The third kappa shape index (κ3) is 53.7. The van der Waals surface area contributed by atoms with Crippen molar-refractivity contribution in [1.82, 2.24) is 0 Å². The van der Waals surface area contributed by atoms with Crippen LogP contribution in [0.2, 0.25) is 0 Å². The van der Waals surface area contributed by atoms with Gasteiger partial charge in [-0.25, -0.2) is 0 Å². The number of esters is 2. The highest BCUT2D eigenvalue weighted by atomic mass is 16.6. The molecule has 1 atom stereocenters. The molecule has 0 bridgehead atoms. The molecule has 0 aromatic heterocycles. The Balaban J connectivity index is 4.32. The van der Waals surface area contributed by atoms with E-state index in [0.717, 1.165) is 96.3 Å². The average Bonchev–Trinajstić information content (AvgIpc) is 3.32. The molecule has 0 aliphatic rings. The van der Waals surface area contributed by atoms with E-state index in [4.69, 9.17) is 14.2 Å². The van der Waals surface area contributed by atoms with E-state index < -0.39 is 6.10 Å². The van der Waals surface area contributed by atoms with Crippen LogP contribution in [0.3, 0.4) is 0 Å². The second-order valence-corrected chi connectivity index (χ2v) is 18.4. The summed E-state index contributed by atoms with van der Waals surface area (Å²) in [5, 5.41) is 0. The molecule has 0 rings (SSSR count). The summed E-state index contributed by atoms with van der Waals surface area (Å²) in [5.74, 6) is -0.422. The third-order valence-electron chi connectivity index (χ3n) is 11.9. The number of rotatable bonds is 51. The van der Waals surface area contributed by atoms with Gasteiger partial charge in [0.25, 0.3) is 0 Å². The highest BCUT2D eigenvalue weighted by Crippen LogP contribution is 2.14. The van der Waals surface area contributed by atoms with Crippen LogP contribution >= 0.6 is 0 Å². The van der Waals surface area contributed by atoms with E-state index in [1.165, 1.54) is 135 Å². The normalized spacial score (nSPS) is 12.8. The summed E-state index contributed by atoms with van der Waals surface area (Å²) in [6.07, 6.45) is 74.5. The van der Waals surface area contributed by atoms with Crippen molar-refractivity contribution in [2.24, 2.45) is 0 Å². The third-order valence-corrected chi connectivity index (χ3v) is 11.9. The maximum Gasteiger partial charge on any atom is 0.306 e. The van der Waals surface area contributed by atoms with E-state index in [-0.39, 0.29) is 25.2 Å². The fourth-order valence-corrected chi connectivity index (χ4v) is 7.70. The summed E-state index contributed by atoms with van der Waals surface area (Å²) in [6.45, 7) is 7.66. The maximum absolute atomic E-state index is 12.8. The van der Waals surface area contributed by atoms with Gasteiger partial charge in [-0.2, -0.15) is 0 Å². The van der Waals surface area contributed by atoms with E-state index in [1.54, 1.807) is 0 Å². The lowest BCUT2D eigenvalue weighted by Crippen LogP contribution is -2.30. The molecule has 66 heavy (non-hydrogen) atoms. The highest BCUT2D eigenvalue weighted by molar-refractivity contribution is 5.70. The molecule has 0 fully saturated rings. The number of carbonyl (C=O) groups is 2. The van der Waals surface area contributed by atoms with Crippen molar-refractivity contribution in [2.45, 2.75) is 271 Å². The first-order chi connectivity index (χ1) is 32.6. The summed E-state index contributed by atoms with van der Waals surface area (Å²) < 4.78 is 17.4. The SMILES string of the molecule is CC/C=C\C/C=C\C/C=C\CCCCCCCCCC(=O)OC(COCCCCCCCC/C=C\CCCCCC)COC(=O)CCCCCCCC/C=C\C/C=C\C/C=C\CCCCC. The van der Waals surface area contributed by atoms with Gasteiger partial charge in [0.15, 0.2) is 6.10 Å². The van der Waals surface area contributed by atoms with Crippen LogP contribution in [0.25, 0.3) is 0 Å². The Kier molecular flexibility index (Phi) is 53.9. The predicted molar refractivity (Wildman–Crippen MR) is 288 cm³/mol. The van der Waals surface area contributed by atoms with Crippen molar-refractivity contribution >= 4 is 11.9 Å². The minimum absolute atomic E-state index is 0.0692. The molecule has 380 valence electrons. The van der Waals surface area contributed by atoms with Crippen LogP contribution in [0, 0.1) is 0 Å². The van der Waals surface area contributed by atoms with Gasteiger partial charge < -0.3 is 14.2 Å². The Morgan fingerprint density at radius 1 is 0.348 bits per heavy atom. The van der Waals surface area contributed by atoms with Crippen LogP contribution in [0.4, 0.5) is 0 Å². The average molecular weight is 920 g/mol. The first-order valence-corrected chi connectivity index (χ1v) is 28.1. The quantitative estimate of drug-likeness (QED) is 0.0346. The Bertz CT molecular complexity index is 1220. The van der Waals surface area contributed by atoms with Gasteiger partial charge in [0.1, 0.15) is 6.61 Å². The lowest BCUT2D eigenvalue weighted by Gasteiger charge is -2.18. The van der Waals surface area contributed by atoms with Gasteiger partial charge in [-0.05, 0) is 116 Å². The van der Waals surface area contributed by atoms with Crippen molar-refractivity contribution in [1.29, 1.82) is 0 Å². The van der Waals surface area contributed by atoms with Gasteiger partial charge in [-0.3, -0.25) is 9.59 Å². The molecule has 0 aliphatic carbocycles. The molecule has 0 aromatic carbocycles. The monoisotopic (exact) mass is 919 g/mol. The first-order valence-electron chi connectivity index (χ1n) is 28.1. The van der Waals surface area contributed by atoms with Crippen LogP contribution in [-0.4, -0.2) is 37.9 Å². The zero-order chi connectivity index (χ0) is 47.7. The summed E-state index contributed by atoms with van der Waals surface area (Å²) in [6, 6.07) is 0. The zero-order valence-electron chi connectivity index (χ0n) is 43.7. The molecular weight excluding hydrogens is 813 g/mol. The van der Waals surface area contributed by atoms with Crippen LogP contribution in [0.1, 0.15) is 265 Å². The van der Waals surface area contributed by atoms with E-state index in [0.29, 0.717) is 19.4 Å². The molecule has 5 heteroatoms. The van der Waals surface area contributed by atoms with Crippen molar-refractivity contribution in [3.63, 3.8) is 0 Å². The Morgan fingerprint density at radius 3 is 1.14 bits per heavy atom.